The van der Waals surface area contributed by atoms with Crippen LogP contribution in [0.25, 0.3) is 5.57 Å². The summed E-state index contributed by atoms with van der Waals surface area (Å²) in [6.45, 7) is 6.29. The molecule has 1 nitrogen and oxygen atoms in total. The van der Waals surface area contributed by atoms with Crippen molar-refractivity contribution < 1.29 is 0 Å². The summed E-state index contributed by atoms with van der Waals surface area (Å²) in [6, 6.07) is 16.3. The third-order valence-electron chi connectivity index (χ3n) is 2.97. The van der Waals surface area contributed by atoms with Crippen LogP contribution in [0.2, 0.25) is 0 Å². The smallest absolute Gasteiger partial charge is 0.0393 e. The molecule has 0 radical (unpaired) electrons. The van der Waals surface area contributed by atoms with E-state index >= 15 is 0 Å². The molecule has 0 amide bonds. The Hall–Kier alpha value is -2.02. The van der Waals surface area contributed by atoms with Crippen molar-refractivity contribution in [3.05, 3.63) is 71.8 Å². The monoisotopic (exact) mass is 223 g/mol. The minimum Gasteiger partial charge on any atom is -0.398 e. The van der Waals surface area contributed by atoms with Gasteiger partial charge in [-0.05, 0) is 35.3 Å². The first-order valence-electron chi connectivity index (χ1n) is 5.85. The Labute approximate surface area is 103 Å². The van der Waals surface area contributed by atoms with Gasteiger partial charge in [-0.25, -0.2) is 0 Å². The van der Waals surface area contributed by atoms with Crippen LogP contribution >= 0.6 is 0 Å². The van der Waals surface area contributed by atoms with E-state index in [4.69, 9.17) is 5.73 Å². The van der Waals surface area contributed by atoms with Gasteiger partial charge in [-0.1, -0.05) is 49.9 Å². The van der Waals surface area contributed by atoms with Crippen molar-refractivity contribution >= 4 is 11.3 Å². The second-order valence-electron chi connectivity index (χ2n) is 4.12. The summed E-state index contributed by atoms with van der Waals surface area (Å²) < 4.78 is 0. The fourth-order valence-corrected chi connectivity index (χ4v) is 1.88. The molecule has 0 saturated heterocycles. The fourth-order valence-electron chi connectivity index (χ4n) is 1.88. The van der Waals surface area contributed by atoms with Gasteiger partial charge in [-0.2, -0.15) is 0 Å². The Morgan fingerprint density at radius 3 is 2.47 bits per heavy atom. The summed E-state index contributed by atoms with van der Waals surface area (Å²) in [5.41, 5.74) is 11.2. The Kier molecular flexibility index (Phi) is 3.29. The molecule has 2 aromatic carbocycles. The second-order valence-corrected chi connectivity index (χ2v) is 4.12. The molecule has 2 N–H and O–H groups in total. The van der Waals surface area contributed by atoms with Crippen LogP contribution in [0.15, 0.2) is 55.1 Å². The van der Waals surface area contributed by atoms with Crippen molar-refractivity contribution in [2.75, 3.05) is 5.73 Å². The van der Waals surface area contributed by atoms with Gasteiger partial charge >= 0.3 is 0 Å². The lowest BCUT2D eigenvalue weighted by molar-refractivity contribution is 1.14. The lowest BCUT2D eigenvalue weighted by Gasteiger charge is -2.11. The third-order valence-corrected chi connectivity index (χ3v) is 2.97. The van der Waals surface area contributed by atoms with E-state index in [0.29, 0.717) is 0 Å². The normalized spacial score (nSPS) is 10.2. The average molecular weight is 223 g/mol. The van der Waals surface area contributed by atoms with Crippen LogP contribution in [-0.4, -0.2) is 0 Å². The standard InChI is InChI=1S/C16H17N/c1-3-13-9-10-16(17)15(11-13)12(2)14-7-5-4-6-8-14/h4-11H,2-3,17H2,1H3. The molecule has 0 atom stereocenters. The Morgan fingerprint density at radius 2 is 1.82 bits per heavy atom. The molecule has 0 fully saturated rings. The SMILES string of the molecule is C=C(c1ccccc1)c1cc(CC)ccc1N. The summed E-state index contributed by atoms with van der Waals surface area (Å²) in [6.07, 6.45) is 1.01. The van der Waals surface area contributed by atoms with Gasteiger partial charge in [0.25, 0.3) is 0 Å². The number of aryl methyl sites for hydroxylation is 1. The molecule has 0 saturated carbocycles. The molecule has 0 aliphatic carbocycles. The van der Waals surface area contributed by atoms with Crippen LogP contribution in [0.1, 0.15) is 23.6 Å². The zero-order valence-electron chi connectivity index (χ0n) is 10.1. The van der Waals surface area contributed by atoms with Crippen molar-refractivity contribution in [3.8, 4) is 0 Å². The van der Waals surface area contributed by atoms with Gasteiger partial charge in [0.2, 0.25) is 0 Å². The fraction of sp³-hybridized carbons (Fsp3) is 0.125. The molecule has 17 heavy (non-hydrogen) atoms. The maximum Gasteiger partial charge on any atom is 0.0393 e. The van der Waals surface area contributed by atoms with E-state index in [1.165, 1.54) is 5.56 Å². The number of hydrogen-bond donors (Lipinski definition) is 1. The molecule has 86 valence electrons. The molecule has 2 rings (SSSR count). The minimum atomic E-state index is 0.788. The first-order valence-corrected chi connectivity index (χ1v) is 5.85. The van der Waals surface area contributed by atoms with Crippen molar-refractivity contribution in [1.29, 1.82) is 0 Å². The van der Waals surface area contributed by atoms with E-state index in [0.717, 1.165) is 28.8 Å². The molecule has 0 heterocycles. The van der Waals surface area contributed by atoms with Crippen LogP contribution in [0, 0.1) is 0 Å². The van der Waals surface area contributed by atoms with E-state index in [9.17, 15) is 0 Å². The van der Waals surface area contributed by atoms with E-state index in [-0.39, 0.29) is 0 Å². The maximum absolute atomic E-state index is 6.02. The van der Waals surface area contributed by atoms with Gasteiger partial charge < -0.3 is 5.73 Å². The number of hydrogen-bond acceptors (Lipinski definition) is 1. The van der Waals surface area contributed by atoms with Gasteiger partial charge in [0.1, 0.15) is 0 Å². The highest BCUT2D eigenvalue weighted by molar-refractivity contribution is 5.84. The highest BCUT2D eigenvalue weighted by Crippen LogP contribution is 2.27. The summed E-state index contributed by atoms with van der Waals surface area (Å²) in [7, 11) is 0. The van der Waals surface area contributed by atoms with Crippen molar-refractivity contribution in [2.45, 2.75) is 13.3 Å². The van der Waals surface area contributed by atoms with Crippen molar-refractivity contribution in [1.82, 2.24) is 0 Å². The topological polar surface area (TPSA) is 26.0 Å². The van der Waals surface area contributed by atoms with Gasteiger partial charge in [-0.3, -0.25) is 0 Å². The molecule has 2 aromatic rings. The first-order chi connectivity index (χ1) is 8.22. The molecular weight excluding hydrogens is 206 g/mol. The Balaban J connectivity index is 2.44. The number of rotatable bonds is 3. The lowest BCUT2D eigenvalue weighted by Crippen LogP contribution is -1.96. The zero-order chi connectivity index (χ0) is 12.3. The first kappa shape index (κ1) is 11.5. The van der Waals surface area contributed by atoms with Crippen LogP contribution in [0.4, 0.5) is 5.69 Å². The van der Waals surface area contributed by atoms with Crippen LogP contribution in [-0.2, 0) is 6.42 Å². The second kappa shape index (κ2) is 4.88. The van der Waals surface area contributed by atoms with Gasteiger partial charge in [0, 0.05) is 11.3 Å². The highest BCUT2D eigenvalue weighted by atomic mass is 14.6. The van der Waals surface area contributed by atoms with Gasteiger partial charge in [0.15, 0.2) is 0 Å². The largest absolute Gasteiger partial charge is 0.398 e. The maximum atomic E-state index is 6.02. The summed E-state index contributed by atoms with van der Waals surface area (Å²) in [4.78, 5) is 0. The molecule has 0 bridgehead atoms. The zero-order valence-corrected chi connectivity index (χ0v) is 10.1. The lowest BCUT2D eigenvalue weighted by atomic mass is 9.96. The Bertz CT molecular complexity index is 526. The molecule has 0 aromatic heterocycles. The molecule has 1 heteroatoms. The summed E-state index contributed by atoms with van der Waals surface area (Å²) in [5.74, 6) is 0. The van der Waals surface area contributed by atoms with E-state index < -0.39 is 0 Å². The highest BCUT2D eigenvalue weighted by Gasteiger charge is 2.06. The number of nitrogen functional groups attached to an aromatic ring is 1. The Morgan fingerprint density at radius 1 is 1.12 bits per heavy atom. The minimum absolute atomic E-state index is 0.788. The van der Waals surface area contributed by atoms with E-state index in [2.05, 4.69) is 37.8 Å². The molecule has 0 aliphatic rings. The predicted octanol–water partition coefficient (Wildman–Crippen LogP) is 3.89. The number of anilines is 1. The van der Waals surface area contributed by atoms with Crippen molar-refractivity contribution in [2.24, 2.45) is 0 Å². The summed E-state index contributed by atoms with van der Waals surface area (Å²) in [5, 5.41) is 0. The molecule has 0 spiro atoms. The van der Waals surface area contributed by atoms with Gasteiger partial charge in [-0.15, -0.1) is 0 Å². The van der Waals surface area contributed by atoms with Crippen LogP contribution < -0.4 is 5.73 Å². The van der Waals surface area contributed by atoms with Gasteiger partial charge in [0.05, 0.1) is 0 Å². The van der Waals surface area contributed by atoms with Crippen LogP contribution in [0.5, 0.6) is 0 Å². The predicted molar refractivity (Wildman–Crippen MR) is 74.8 cm³/mol. The third kappa shape index (κ3) is 2.39. The van der Waals surface area contributed by atoms with Crippen molar-refractivity contribution in [3.63, 3.8) is 0 Å². The number of nitrogens with two attached hydrogens (primary N) is 1. The van der Waals surface area contributed by atoms with E-state index in [1.807, 2.05) is 24.3 Å². The molecular formula is C16H17N. The molecule has 0 unspecified atom stereocenters. The average Bonchev–Trinajstić information content (AvgIpc) is 2.39. The van der Waals surface area contributed by atoms with E-state index in [1.54, 1.807) is 0 Å². The molecule has 0 aliphatic heterocycles. The number of benzene rings is 2. The summed E-state index contributed by atoms with van der Waals surface area (Å²) >= 11 is 0. The van der Waals surface area contributed by atoms with Crippen LogP contribution in [0.3, 0.4) is 0 Å². The quantitative estimate of drug-likeness (QED) is 0.785.